The van der Waals surface area contributed by atoms with E-state index in [0.717, 1.165) is 0 Å². The molecule has 6 heteroatoms. The van der Waals surface area contributed by atoms with Crippen LogP contribution in [-0.4, -0.2) is 16.4 Å². The minimum Gasteiger partial charge on any atom is -0.281 e. The third-order valence-corrected chi connectivity index (χ3v) is 3.44. The number of halogens is 2. The molecule has 1 N–H and O–H groups in total. The number of amides is 1. The molecule has 0 aliphatic rings. The zero-order valence-electron chi connectivity index (χ0n) is 9.02. The van der Waals surface area contributed by atoms with E-state index >= 15 is 0 Å². The van der Waals surface area contributed by atoms with Crippen molar-refractivity contribution in [3.05, 3.63) is 28.8 Å². The van der Waals surface area contributed by atoms with Crippen LogP contribution in [0.1, 0.15) is 12.5 Å². The molecule has 0 saturated carbocycles. The molecule has 0 heterocycles. The van der Waals surface area contributed by atoms with Crippen molar-refractivity contribution in [1.82, 2.24) is 0 Å². The van der Waals surface area contributed by atoms with Crippen LogP contribution in [0.25, 0.3) is 0 Å². The van der Waals surface area contributed by atoms with Crippen LogP contribution in [0.2, 0.25) is 5.02 Å². The number of carbonyl (C=O) groups excluding carboxylic acids is 1. The molecule has 1 aromatic carbocycles. The van der Waals surface area contributed by atoms with Gasteiger partial charge in [-0.15, -0.1) is 0 Å². The Morgan fingerprint density at radius 3 is 2.82 bits per heavy atom. The number of alkyl halides is 1. The molecule has 0 aromatic heterocycles. The average molecular weight is 318 g/mol. The molecule has 0 fully saturated rings. The van der Waals surface area contributed by atoms with Gasteiger partial charge >= 0.3 is 0 Å². The van der Waals surface area contributed by atoms with Gasteiger partial charge in [0.2, 0.25) is 0 Å². The summed E-state index contributed by atoms with van der Waals surface area (Å²) in [5, 5.41) is 19.5. The van der Waals surface area contributed by atoms with Gasteiger partial charge in [0.25, 0.3) is 5.91 Å². The first-order chi connectivity index (χ1) is 8.01. The maximum Gasteiger partial charge on any atom is 0.254 e. The number of hydrogen-bond donors (Lipinski definition) is 1. The summed E-state index contributed by atoms with van der Waals surface area (Å²) in [5.41, 5.74) is 0.539. The number of nitrogens with zero attached hydrogens (tertiary/aromatic N) is 2. The highest BCUT2D eigenvalue weighted by Gasteiger charge is 2.21. The molecule has 90 valence electrons. The maximum atomic E-state index is 11.7. The van der Waals surface area contributed by atoms with Crippen molar-refractivity contribution in [2.75, 3.05) is 10.4 Å². The zero-order chi connectivity index (χ0) is 13.0. The standard InChI is InChI=1S/C11H10BrClN2O2/c1-7(5-12)11(16)15(17)10-3-2-8(6-14)4-9(10)13/h2-4,7,17H,5H2,1H3. The predicted octanol–water partition coefficient (Wildman–Crippen LogP) is 2.96. The van der Waals surface area contributed by atoms with Crippen molar-refractivity contribution < 1.29 is 10.0 Å². The molecule has 1 aromatic rings. The van der Waals surface area contributed by atoms with Crippen LogP contribution in [0.4, 0.5) is 5.69 Å². The van der Waals surface area contributed by atoms with Gasteiger partial charge in [-0.05, 0) is 18.2 Å². The summed E-state index contributed by atoms with van der Waals surface area (Å²) >= 11 is 9.04. The molecule has 0 bridgehead atoms. The van der Waals surface area contributed by atoms with E-state index in [2.05, 4.69) is 15.9 Å². The first-order valence-corrected chi connectivity index (χ1v) is 6.29. The fourth-order valence-electron chi connectivity index (χ4n) is 1.14. The second kappa shape index (κ2) is 6.01. The van der Waals surface area contributed by atoms with Gasteiger partial charge in [-0.1, -0.05) is 34.5 Å². The Labute approximate surface area is 112 Å². The zero-order valence-corrected chi connectivity index (χ0v) is 11.4. The number of hydroxylamine groups is 1. The Hall–Kier alpha value is -1.09. The van der Waals surface area contributed by atoms with Gasteiger partial charge in [-0.3, -0.25) is 10.0 Å². The van der Waals surface area contributed by atoms with E-state index < -0.39 is 5.91 Å². The summed E-state index contributed by atoms with van der Waals surface area (Å²) in [7, 11) is 0. The summed E-state index contributed by atoms with van der Waals surface area (Å²) in [5.74, 6) is -0.833. The van der Waals surface area contributed by atoms with E-state index in [4.69, 9.17) is 16.9 Å². The van der Waals surface area contributed by atoms with Crippen LogP contribution in [0, 0.1) is 17.2 Å². The normalized spacial score (nSPS) is 11.7. The Bertz CT molecular complexity index is 473. The summed E-state index contributed by atoms with van der Waals surface area (Å²) < 4.78 is 0. The first-order valence-electron chi connectivity index (χ1n) is 4.79. The van der Waals surface area contributed by atoms with E-state index in [9.17, 15) is 10.0 Å². The van der Waals surface area contributed by atoms with Gasteiger partial charge in [0.1, 0.15) is 0 Å². The number of anilines is 1. The van der Waals surface area contributed by atoms with Gasteiger partial charge in [0.05, 0.1) is 22.3 Å². The Balaban J connectivity index is 3.01. The van der Waals surface area contributed by atoms with Crippen LogP contribution in [0.5, 0.6) is 0 Å². The number of nitriles is 1. The van der Waals surface area contributed by atoms with Crippen LogP contribution >= 0.6 is 27.5 Å². The first kappa shape index (κ1) is 14.0. The lowest BCUT2D eigenvalue weighted by atomic mass is 10.1. The van der Waals surface area contributed by atoms with E-state index in [1.807, 2.05) is 6.07 Å². The van der Waals surface area contributed by atoms with E-state index in [-0.39, 0.29) is 16.6 Å². The van der Waals surface area contributed by atoms with Gasteiger partial charge < -0.3 is 0 Å². The molecule has 1 unspecified atom stereocenters. The van der Waals surface area contributed by atoms with Crippen LogP contribution in [0.3, 0.4) is 0 Å². The molecular weight excluding hydrogens is 307 g/mol. The fraction of sp³-hybridized carbons (Fsp3) is 0.273. The molecule has 17 heavy (non-hydrogen) atoms. The minimum absolute atomic E-state index is 0.154. The average Bonchev–Trinajstić information content (AvgIpc) is 2.35. The Morgan fingerprint density at radius 2 is 2.35 bits per heavy atom. The molecule has 0 radical (unpaired) electrons. The molecule has 1 amide bonds. The summed E-state index contributed by atoms with van der Waals surface area (Å²) in [6.45, 7) is 1.68. The SMILES string of the molecule is CC(CBr)C(=O)N(O)c1ccc(C#N)cc1Cl. The van der Waals surface area contributed by atoms with E-state index in [1.165, 1.54) is 18.2 Å². The lowest BCUT2D eigenvalue weighted by Crippen LogP contribution is -2.33. The third kappa shape index (κ3) is 3.19. The lowest BCUT2D eigenvalue weighted by molar-refractivity contribution is -0.126. The number of hydrogen-bond acceptors (Lipinski definition) is 3. The molecule has 4 nitrogen and oxygen atoms in total. The quantitative estimate of drug-likeness (QED) is 0.529. The van der Waals surface area contributed by atoms with Gasteiger partial charge in [-0.2, -0.15) is 10.3 Å². The van der Waals surface area contributed by atoms with Crippen molar-refractivity contribution >= 4 is 39.1 Å². The summed E-state index contributed by atoms with van der Waals surface area (Å²) in [6, 6.07) is 6.23. The smallest absolute Gasteiger partial charge is 0.254 e. The third-order valence-electron chi connectivity index (χ3n) is 2.17. The fourth-order valence-corrected chi connectivity index (χ4v) is 1.68. The number of rotatable bonds is 3. The number of benzene rings is 1. The largest absolute Gasteiger partial charge is 0.281 e. The Morgan fingerprint density at radius 1 is 1.71 bits per heavy atom. The Kier molecular flexibility index (Phi) is 4.94. The topological polar surface area (TPSA) is 64.3 Å². The molecule has 0 spiro atoms. The molecule has 1 atom stereocenters. The second-order valence-corrected chi connectivity index (χ2v) is 4.54. The lowest BCUT2D eigenvalue weighted by Gasteiger charge is -2.19. The van der Waals surface area contributed by atoms with Crippen molar-refractivity contribution in [2.45, 2.75) is 6.92 Å². The maximum absolute atomic E-state index is 11.7. The molecule has 0 aliphatic carbocycles. The molecule has 0 saturated heterocycles. The minimum atomic E-state index is -0.464. The highest BCUT2D eigenvalue weighted by atomic mass is 79.9. The van der Waals surface area contributed by atoms with E-state index in [1.54, 1.807) is 6.92 Å². The highest BCUT2D eigenvalue weighted by Crippen LogP contribution is 2.26. The highest BCUT2D eigenvalue weighted by molar-refractivity contribution is 9.09. The van der Waals surface area contributed by atoms with Crippen molar-refractivity contribution in [3.8, 4) is 6.07 Å². The second-order valence-electron chi connectivity index (χ2n) is 3.48. The van der Waals surface area contributed by atoms with Gasteiger partial charge in [0, 0.05) is 11.2 Å². The van der Waals surface area contributed by atoms with Crippen molar-refractivity contribution in [1.29, 1.82) is 5.26 Å². The van der Waals surface area contributed by atoms with E-state index in [0.29, 0.717) is 16.0 Å². The summed E-state index contributed by atoms with van der Waals surface area (Å²) in [6.07, 6.45) is 0. The van der Waals surface area contributed by atoms with Crippen LogP contribution in [0.15, 0.2) is 18.2 Å². The predicted molar refractivity (Wildman–Crippen MR) is 68.4 cm³/mol. The molecular formula is C11H10BrClN2O2. The molecule has 1 rings (SSSR count). The van der Waals surface area contributed by atoms with Crippen LogP contribution in [-0.2, 0) is 4.79 Å². The number of carbonyl (C=O) groups is 1. The van der Waals surface area contributed by atoms with Gasteiger partial charge in [0.15, 0.2) is 0 Å². The van der Waals surface area contributed by atoms with Crippen molar-refractivity contribution in [2.24, 2.45) is 5.92 Å². The van der Waals surface area contributed by atoms with Gasteiger partial charge in [-0.25, -0.2) is 0 Å². The monoisotopic (exact) mass is 316 g/mol. The van der Waals surface area contributed by atoms with Crippen molar-refractivity contribution in [3.63, 3.8) is 0 Å². The summed E-state index contributed by atoms with van der Waals surface area (Å²) in [4.78, 5) is 11.7. The van der Waals surface area contributed by atoms with Crippen LogP contribution < -0.4 is 5.06 Å². The molecule has 0 aliphatic heterocycles.